The molecule has 0 unspecified atom stereocenters. The summed E-state index contributed by atoms with van der Waals surface area (Å²) in [6.07, 6.45) is 3.50. The molecule has 0 spiro atoms. The maximum Gasteiger partial charge on any atom is 0.337 e. The van der Waals surface area contributed by atoms with Crippen LogP contribution in [0, 0.1) is 0 Å². The van der Waals surface area contributed by atoms with E-state index in [2.05, 4.69) is 15.0 Å². The molecule has 0 atom stereocenters. The Morgan fingerprint density at radius 2 is 2.06 bits per heavy atom. The standard InChI is InChI=1S/C14H14N2O2/c1-18-14(17)12-3-2-4-13(9-12)16-10-11-5-7-15-8-6-11/h2-9,16H,10H2,1H3. The average Bonchev–Trinajstić information content (AvgIpc) is 2.45. The number of carbonyl (C=O) groups is 1. The van der Waals surface area contributed by atoms with Gasteiger partial charge >= 0.3 is 5.97 Å². The van der Waals surface area contributed by atoms with Crippen molar-refractivity contribution in [2.24, 2.45) is 0 Å². The van der Waals surface area contributed by atoms with Gasteiger partial charge in [-0.1, -0.05) is 6.07 Å². The van der Waals surface area contributed by atoms with Crippen LogP contribution in [0.4, 0.5) is 5.69 Å². The SMILES string of the molecule is COC(=O)c1cccc(NCc2ccncc2)c1. The summed E-state index contributed by atoms with van der Waals surface area (Å²) in [6, 6.07) is 11.1. The van der Waals surface area contributed by atoms with Gasteiger partial charge in [0, 0.05) is 24.6 Å². The number of nitrogens with zero attached hydrogens (tertiary/aromatic N) is 1. The lowest BCUT2D eigenvalue weighted by molar-refractivity contribution is 0.0601. The first kappa shape index (κ1) is 12.1. The third-order valence-electron chi connectivity index (χ3n) is 2.53. The highest BCUT2D eigenvalue weighted by Crippen LogP contribution is 2.12. The van der Waals surface area contributed by atoms with Gasteiger partial charge in [-0.3, -0.25) is 4.98 Å². The second kappa shape index (κ2) is 5.82. The van der Waals surface area contributed by atoms with E-state index in [4.69, 9.17) is 0 Å². The molecular formula is C14H14N2O2. The van der Waals surface area contributed by atoms with Crippen LogP contribution < -0.4 is 5.32 Å². The number of hydrogen-bond acceptors (Lipinski definition) is 4. The molecule has 2 rings (SSSR count). The fourth-order valence-corrected chi connectivity index (χ4v) is 1.58. The normalized spacial score (nSPS) is 9.83. The first-order valence-electron chi connectivity index (χ1n) is 5.61. The predicted molar refractivity (Wildman–Crippen MR) is 69.3 cm³/mol. The lowest BCUT2D eigenvalue weighted by Crippen LogP contribution is -2.03. The molecule has 2 aromatic rings. The van der Waals surface area contributed by atoms with Gasteiger partial charge in [0.1, 0.15) is 0 Å². The molecule has 18 heavy (non-hydrogen) atoms. The molecule has 4 heteroatoms. The van der Waals surface area contributed by atoms with E-state index in [-0.39, 0.29) is 5.97 Å². The minimum absolute atomic E-state index is 0.331. The first-order chi connectivity index (χ1) is 8.79. The van der Waals surface area contributed by atoms with Gasteiger partial charge in [0.25, 0.3) is 0 Å². The lowest BCUT2D eigenvalue weighted by atomic mass is 10.2. The second-order valence-electron chi connectivity index (χ2n) is 3.78. The molecule has 0 aliphatic carbocycles. The smallest absolute Gasteiger partial charge is 0.337 e. The topological polar surface area (TPSA) is 51.2 Å². The molecular weight excluding hydrogens is 228 g/mol. The van der Waals surface area contributed by atoms with Gasteiger partial charge in [-0.15, -0.1) is 0 Å². The Bertz CT molecular complexity index is 526. The van der Waals surface area contributed by atoms with Crippen molar-refractivity contribution in [3.05, 3.63) is 59.9 Å². The minimum atomic E-state index is -0.331. The summed E-state index contributed by atoms with van der Waals surface area (Å²) in [5.74, 6) is -0.331. The van der Waals surface area contributed by atoms with Crippen LogP contribution in [-0.4, -0.2) is 18.1 Å². The van der Waals surface area contributed by atoms with E-state index in [9.17, 15) is 4.79 Å². The molecule has 0 amide bonds. The Morgan fingerprint density at radius 1 is 1.28 bits per heavy atom. The van der Waals surface area contributed by atoms with Crippen molar-refractivity contribution in [2.75, 3.05) is 12.4 Å². The summed E-state index contributed by atoms with van der Waals surface area (Å²) in [7, 11) is 1.37. The maximum absolute atomic E-state index is 11.4. The monoisotopic (exact) mass is 242 g/mol. The van der Waals surface area contributed by atoms with Crippen molar-refractivity contribution in [1.82, 2.24) is 4.98 Å². The number of pyridine rings is 1. The molecule has 0 aliphatic rings. The molecule has 1 N–H and O–H groups in total. The van der Waals surface area contributed by atoms with Gasteiger partial charge in [0.05, 0.1) is 12.7 Å². The predicted octanol–water partition coefficient (Wildman–Crippen LogP) is 2.48. The highest BCUT2D eigenvalue weighted by molar-refractivity contribution is 5.90. The molecule has 92 valence electrons. The van der Waals surface area contributed by atoms with E-state index < -0.39 is 0 Å². The van der Waals surface area contributed by atoms with Gasteiger partial charge in [0.15, 0.2) is 0 Å². The molecule has 0 aliphatic heterocycles. The Balaban J connectivity index is 2.04. The number of hydrogen-bond donors (Lipinski definition) is 1. The maximum atomic E-state index is 11.4. The third kappa shape index (κ3) is 3.07. The van der Waals surface area contributed by atoms with E-state index >= 15 is 0 Å². The quantitative estimate of drug-likeness (QED) is 0.837. The number of methoxy groups -OCH3 is 1. The van der Waals surface area contributed by atoms with Crippen molar-refractivity contribution in [1.29, 1.82) is 0 Å². The fraction of sp³-hybridized carbons (Fsp3) is 0.143. The van der Waals surface area contributed by atoms with Crippen molar-refractivity contribution in [3.63, 3.8) is 0 Å². The van der Waals surface area contributed by atoms with Crippen LogP contribution in [-0.2, 0) is 11.3 Å². The molecule has 1 aromatic carbocycles. The van der Waals surface area contributed by atoms with Gasteiger partial charge in [0.2, 0.25) is 0 Å². The average molecular weight is 242 g/mol. The number of rotatable bonds is 4. The van der Waals surface area contributed by atoms with Gasteiger partial charge < -0.3 is 10.1 Å². The van der Waals surface area contributed by atoms with Gasteiger partial charge in [-0.05, 0) is 35.9 Å². The first-order valence-corrected chi connectivity index (χ1v) is 5.61. The van der Waals surface area contributed by atoms with Gasteiger partial charge in [-0.25, -0.2) is 4.79 Å². The number of nitrogens with one attached hydrogen (secondary N) is 1. The summed E-state index contributed by atoms with van der Waals surface area (Å²) in [4.78, 5) is 15.3. The summed E-state index contributed by atoms with van der Waals surface area (Å²) in [6.45, 7) is 0.688. The van der Waals surface area contributed by atoms with Crippen LogP contribution in [0.1, 0.15) is 15.9 Å². The van der Waals surface area contributed by atoms with Crippen LogP contribution in [0.25, 0.3) is 0 Å². The molecule has 0 saturated carbocycles. The van der Waals surface area contributed by atoms with Crippen molar-refractivity contribution in [3.8, 4) is 0 Å². The highest BCUT2D eigenvalue weighted by Gasteiger charge is 2.05. The summed E-state index contributed by atoms with van der Waals surface area (Å²) >= 11 is 0. The zero-order valence-corrected chi connectivity index (χ0v) is 10.1. The van der Waals surface area contributed by atoms with Gasteiger partial charge in [-0.2, -0.15) is 0 Å². The number of carbonyl (C=O) groups excluding carboxylic acids is 1. The summed E-state index contributed by atoms with van der Waals surface area (Å²) < 4.78 is 4.68. The summed E-state index contributed by atoms with van der Waals surface area (Å²) in [5.41, 5.74) is 2.56. The number of aromatic nitrogens is 1. The molecule has 0 saturated heterocycles. The third-order valence-corrected chi connectivity index (χ3v) is 2.53. The van der Waals surface area contributed by atoms with E-state index in [1.807, 2.05) is 24.3 Å². The van der Waals surface area contributed by atoms with Crippen molar-refractivity contribution < 1.29 is 9.53 Å². The molecule has 0 radical (unpaired) electrons. The Morgan fingerprint density at radius 3 is 2.78 bits per heavy atom. The molecule has 1 heterocycles. The van der Waals surface area contributed by atoms with Crippen LogP contribution in [0.5, 0.6) is 0 Å². The number of esters is 1. The summed E-state index contributed by atoms with van der Waals surface area (Å²) in [5, 5.41) is 3.24. The molecule has 4 nitrogen and oxygen atoms in total. The van der Waals surface area contributed by atoms with E-state index in [0.29, 0.717) is 12.1 Å². The second-order valence-corrected chi connectivity index (χ2v) is 3.78. The zero-order valence-electron chi connectivity index (χ0n) is 10.1. The number of benzene rings is 1. The van der Waals surface area contributed by atoms with Crippen molar-refractivity contribution >= 4 is 11.7 Å². The van der Waals surface area contributed by atoms with E-state index in [1.165, 1.54) is 7.11 Å². The molecule has 1 aromatic heterocycles. The lowest BCUT2D eigenvalue weighted by Gasteiger charge is -2.07. The van der Waals surface area contributed by atoms with Crippen molar-refractivity contribution in [2.45, 2.75) is 6.54 Å². The Hall–Kier alpha value is -2.36. The molecule has 0 fully saturated rings. The van der Waals surface area contributed by atoms with Crippen LogP contribution >= 0.6 is 0 Å². The minimum Gasteiger partial charge on any atom is -0.465 e. The zero-order chi connectivity index (χ0) is 12.8. The fourth-order valence-electron chi connectivity index (χ4n) is 1.58. The van der Waals surface area contributed by atoms with E-state index in [0.717, 1.165) is 11.3 Å². The van der Waals surface area contributed by atoms with Crippen LogP contribution in [0.3, 0.4) is 0 Å². The largest absolute Gasteiger partial charge is 0.465 e. The highest BCUT2D eigenvalue weighted by atomic mass is 16.5. The van der Waals surface area contributed by atoms with Crippen LogP contribution in [0.15, 0.2) is 48.8 Å². The van der Waals surface area contributed by atoms with E-state index in [1.54, 1.807) is 24.5 Å². The molecule has 0 bridgehead atoms. The Labute approximate surface area is 106 Å². The van der Waals surface area contributed by atoms with Crippen LogP contribution in [0.2, 0.25) is 0 Å². The number of anilines is 1. The number of ether oxygens (including phenoxy) is 1. The Kier molecular flexibility index (Phi) is 3.91.